The predicted octanol–water partition coefficient (Wildman–Crippen LogP) is 3.70. The summed E-state index contributed by atoms with van der Waals surface area (Å²) in [5, 5.41) is 0. The van der Waals surface area contributed by atoms with Gasteiger partial charge in [-0.05, 0) is 57.5 Å². The van der Waals surface area contributed by atoms with Crippen molar-refractivity contribution in [3.8, 4) is 0 Å². The Morgan fingerprint density at radius 1 is 1.35 bits per heavy atom. The summed E-state index contributed by atoms with van der Waals surface area (Å²) in [5.41, 5.74) is 7.07. The predicted molar refractivity (Wildman–Crippen MR) is 88.4 cm³/mol. The van der Waals surface area contributed by atoms with E-state index in [4.69, 9.17) is 5.73 Å². The number of anilines is 1. The molecule has 0 saturated carbocycles. The van der Waals surface area contributed by atoms with Gasteiger partial charge in [0.2, 0.25) is 0 Å². The van der Waals surface area contributed by atoms with Crippen molar-refractivity contribution in [1.82, 2.24) is 9.88 Å². The summed E-state index contributed by atoms with van der Waals surface area (Å²) in [6, 6.07) is 6.09. The maximum absolute atomic E-state index is 5.86. The number of aromatic nitrogens is 1. The summed E-state index contributed by atoms with van der Waals surface area (Å²) in [7, 11) is 2.22. The molecule has 0 aromatic carbocycles. The first-order valence-corrected chi connectivity index (χ1v) is 7.61. The smallest absolute Gasteiger partial charge is 0.123 e. The van der Waals surface area contributed by atoms with Crippen LogP contribution < -0.4 is 5.73 Å². The Balaban J connectivity index is 0.00000200. The normalized spacial score (nSPS) is 18.5. The van der Waals surface area contributed by atoms with Gasteiger partial charge >= 0.3 is 0 Å². The average molecular weight is 298 g/mol. The van der Waals surface area contributed by atoms with E-state index in [9.17, 15) is 0 Å². The molecule has 0 aliphatic carbocycles. The third-order valence-corrected chi connectivity index (χ3v) is 4.37. The van der Waals surface area contributed by atoms with Gasteiger partial charge in [0.05, 0.1) is 0 Å². The molecule has 0 radical (unpaired) electrons. The fraction of sp³-hybridized carbons (Fsp3) is 0.688. The first-order valence-electron chi connectivity index (χ1n) is 7.61. The van der Waals surface area contributed by atoms with Gasteiger partial charge in [0, 0.05) is 11.6 Å². The van der Waals surface area contributed by atoms with Crippen molar-refractivity contribution in [2.24, 2.45) is 5.92 Å². The van der Waals surface area contributed by atoms with Crippen molar-refractivity contribution >= 4 is 18.2 Å². The summed E-state index contributed by atoms with van der Waals surface area (Å²) in [6.07, 6.45) is 6.38. The van der Waals surface area contributed by atoms with Crippen molar-refractivity contribution in [1.29, 1.82) is 0 Å². The summed E-state index contributed by atoms with van der Waals surface area (Å²) in [6.45, 7) is 4.70. The lowest BCUT2D eigenvalue weighted by Gasteiger charge is -2.34. The second kappa shape index (κ2) is 8.48. The fourth-order valence-electron chi connectivity index (χ4n) is 3.16. The number of rotatable bonds is 5. The first-order chi connectivity index (χ1) is 9.20. The van der Waals surface area contributed by atoms with E-state index < -0.39 is 0 Å². The minimum Gasteiger partial charge on any atom is -0.384 e. The largest absolute Gasteiger partial charge is 0.384 e. The lowest BCUT2D eigenvalue weighted by molar-refractivity contribution is 0.191. The van der Waals surface area contributed by atoms with Crippen molar-refractivity contribution in [2.75, 3.05) is 25.9 Å². The number of pyridine rings is 1. The highest BCUT2D eigenvalue weighted by atomic mass is 35.5. The Labute approximate surface area is 129 Å². The second-order valence-corrected chi connectivity index (χ2v) is 5.88. The SMILES string of the molecule is CCCCC(c1cccc(N)n1)C1CCN(C)CC1.Cl. The van der Waals surface area contributed by atoms with E-state index in [1.807, 2.05) is 12.1 Å². The van der Waals surface area contributed by atoms with Crippen molar-refractivity contribution in [2.45, 2.75) is 44.9 Å². The van der Waals surface area contributed by atoms with Crippen molar-refractivity contribution in [3.63, 3.8) is 0 Å². The van der Waals surface area contributed by atoms with Crippen LogP contribution in [-0.4, -0.2) is 30.0 Å². The van der Waals surface area contributed by atoms with Crippen LogP contribution in [0.25, 0.3) is 0 Å². The molecule has 20 heavy (non-hydrogen) atoms. The number of hydrogen-bond acceptors (Lipinski definition) is 3. The van der Waals surface area contributed by atoms with Gasteiger partial charge in [0.1, 0.15) is 5.82 Å². The highest BCUT2D eigenvalue weighted by Crippen LogP contribution is 2.35. The Morgan fingerprint density at radius 2 is 2.05 bits per heavy atom. The van der Waals surface area contributed by atoms with Crippen LogP contribution >= 0.6 is 12.4 Å². The zero-order valence-electron chi connectivity index (χ0n) is 12.7. The van der Waals surface area contributed by atoms with E-state index in [1.54, 1.807) is 0 Å². The molecule has 2 N–H and O–H groups in total. The molecule has 1 saturated heterocycles. The Kier molecular flexibility index (Phi) is 7.31. The topological polar surface area (TPSA) is 42.1 Å². The zero-order chi connectivity index (χ0) is 13.7. The molecule has 0 bridgehead atoms. The van der Waals surface area contributed by atoms with Crippen LogP contribution in [0.2, 0.25) is 0 Å². The molecule has 1 aliphatic heterocycles. The quantitative estimate of drug-likeness (QED) is 0.901. The number of piperidine rings is 1. The molecular formula is C16H28ClN3. The fourth-order valence-corrected chi connectivity index (χ4v) is 3.16. The lowest BCUT2D eigenvalue weighted by Crippen LogP contribution is -2.33. The molecule has 1 aromatic heterocycles. The van der Waals surface area contributed by atoms with Gasteiger partial charge in [0.25, 0.3) is 0 Å². The van der Waals surface area contributed by atoms with Gasteiger partial charge < -0.3 is 10.6 Å². The zero-order valence-corrected chi connectivity index (χ0v) is 13.5. The number of likely N-dealkylation sites (tertiary alicyclic amines) is 1. The van der Waals surface area contributed by atoms with E-state index in [0.717, 1.165) is 5.92 Å². The highest BCUT2D eigenvalue weighted by Gasteiger charge is 2.27. The van der Waals surface area contributed by atoms with E-state index >= 15 is 0 Å². The molecule has 1 aliphatic rings. The van der Waals surface area contributed by atoms with Gasteiger partial charge in [-0.3, -0.25) is 0 Å². The van der Waals surface area contributed by atoms with Gasteiger partial charge in [-0.25, -0.2) is 4.98 Å². The Hall–Kier alpha value is -0.800. The summed E-state index contributed by atoms with van der Waals surface area (Å²) < 4.78 is 0. The molecule has 4 heteroatoms. The van der Waals surface area contributed by atoms with E-state index in [0.29, 0.717) is 11.7 Å². The summed E-state index contributed by atoms with van der Waals surface area (Å²) in [5.74, 6) is 2.03. The Morgan fingerprint density at radius 3 is 2.65 bits per heavy atom. The molecule has 1 fully saturated rings. The molecule has 0 spiro atoms. The number of nitrogens with two attached hydrogens (primary N) is 1. The van der Waals surface area contributed by atoms with Crippen LogP contribution in [0, 0.1) is 5.92 Å². The number of hydrogen-bond donors (Lipinski definition) is 1. The Bertz CT molecular complexity index is 389. The van der Waals surface area contributed by atoms with Crippen LogP contribution in [0.5, 0.6) is 0 Å². The molecule has 2 rings (SSSR count). The molecule has 0 amide bonds. The number of halogens is 1. The van der Waals surface area contributed by atoms with Crippen LogP contribution in [0.4, 0.5) is 5.82 Å². The van der Waals surface area contributed by atoms with Crippen molar-refractivity contribution < 1.29 is 0 Å². The standard InChI is InChI=1S/C16H27N3.ClH/c1-3-4-6-14(13-9-11-19(2)12-10-13)15-7-5-8-16(17)18-15;/h5,7-8,13-14H,3-4,6,9-12H2,1-2H3,(H2,17,18);1H. The third-order valence-electron chi connectivity index (χ3n) is 4.37. The minimum absolute atomic E-state index is 0. The number of nitrogens with zero attached hydrogens (tertiary/aromatic N) is 2. The summed E-state index contributed by atoms with van der Waals surface area (Å²) in [4.78, 5) is 7.02. The minimum atomic E-state index is 0. The molecule has 114 valence electrons. The van der Waals surface area contributed by atoms with E-state index in [-0.39, 0.29) is 12.4 Å². The van der Waals surface area contributed by atoms with Crippen LogP contribution in [0.15, 0.2) is 18.2 Å². The van der Waals surface area contributed by atoms with Crippen molar-refractivity contribution in [3.05, 3.63) is 23.9 Å². The number of unbranched alkanes of at least 4 members (excludes halogenated alkanes) is 1. The van der Waals surface area contributed by atoms with Crippen LogP contribution in [0.3, 0.4) is 0 Å². The van der Waals surface area contributed by atoms with Crippen LogP contribution in [0.1, 0.15) is 50.6 Å². The maximum Gasteiger partial charge on any atom is 0.123 e. The highest BCUT2D eigenvalue weighted by molar-refractivity contribution is 5.85. The maximum atomic E-state index is 5.86. The molecule has 2 heterocycles. The van der Waals surface area contributed by atoms with Crippen LogP contribution in [-0.2, 0) is 0 Å². The van der Waals surface area contributed by atoms with Gasteiger partial charge in [-0.1, -0.05) is 25.8 Å². The third kappa shape index (κ3) is 4.64. The molecule has 1 unspecified atom stereocenters. The molecule has 1 atom stereocenters. The van der Waals surface area contributed by atoms with E-state index in [1.165, 1.54) is 50.9 Å². The monoisotopic (exact) mass is 297 g/mol. The molecule has 1 aromatic rings. The average Bonchev–Trinajstić information content (AvgIpc) is 2.41. The van der Waals surface area contributed by atoms with Gasteiger partial charge in [-0.2, -0.15) is 0 Å². The first kappa shape index (κ1) is 17.3. The molecule has 3 nitrogen and oxygen atoms in total. The second-order valence-electron chi connectivity index (χ2n) is 5.88. The number of nitrogen functional groups attached to an aromatic ring is 1. The van der Waals surface area contributed by atoms with E-state index in [2.05, 4.69) is 29.9 Å². The van der Waals surface area contributed by atoms with Gasteiger partial charge in [-0.15, -0.1) is 12.4 Å². The lowest BCUT2D eigenvalue weighted by atomic mass is 9.79. The summed E-state index contributed by atoms with van der Waals surface area (Å²) >= 11 is 0. The van der Waals surface area contributed by atoms with Gasteiger partial charge in [0.15, 0.2) is 0 Å². The molecular weight excluding hydrogens is 270 g/mol.